The largest absolute Gasteiger partial charge is 0.0622 e. The molecule has 0 nitrogen and oxygen atoms in total. The van der Waals surface area contributed by atoms with E-state index in [1.54, 1.807) is 0 Å². The van der Waals surface area contributed by atoms with E-state index < -0.39 is 0 Å². The van der Waals surface area contributed by atoms with Gasteiger partial charge in [-0.05, 0) is 38.7 Å². The molecule has 0 unspecified atom stereocenters. The van der Waals surface area contributed by atoms with Crippen LogP contribution in [-0.2, 0) is 0 Å². The summed E-state index contributed by atoms with van der Waals surface area (Å²) in [5, 5.41) is 4.99. The first-order valence-corrected chi connectivity index (χ1v) is 6.81. The Morgan fingerprint density at radius 1 is 0.600 bits per heavy atom. The fourth-order valence-electron chi connectivity index (χ4n) is 2.83. The van der Waals surface area contributed by atoms with Crippen molar-refractivity contribution in [2.45, 2.75) is 0 Å². The predicted molar refractivity (Wildman–Crippen MR) is 85.7 cm³/mol. The minimum absolute atomic E-state index is 1.20. The first-order valence-electron chi connectivity index (χ1n) is 6.81. The molecule has 0 fully saturated rings. The van der Waals surface area contributed by atoms with E-state index in [1.165, 1.54) is 32.7 Å². The Labute approximate surface area is 118 Å². The van der Waals surface area contributed by atoms with E-state index >= 15 is 0 Å². The van der Waals surface area contributed by atoms with Crippen molar-refractivity contribution in [3.63, 3.8) is 0 Å². The maximum absolute atomic E-state index is 3.40. The van der Waals surface area contributed by atoms with E-state index in [-0.39, 0.29) is 0 Å². The standard InChI is InChI=1S/C20H13/c1-2-7-15(8-3-1)19-12-6-10-17-14-13-16-9-4-5-11-18(16)20(17)19/h1-10,12-14H. The highest BCUT2D eigenvalue weighted by Crippen LogP contribution is 2.33. The first kappa shape index (κ1) is 11.2. The molecule has 0 aliphatic rings. The number of rotatable bonds is 1. The van der Waals surface area contributed by atoms with Gasteiger partial charge in [-0.15, -0.1) is 0 Å². The van der Waals surface area contributed by atoms with E-state index in [1.807, 2.05) is 12.1 Å². The number of fused-ring (bicyclic) bond motifs is 3. The van der Waals surface area contributed by atoms with Gasteiger partial charge >= 0.3 is 0 Å². The molecule has 0 N–H and O–H groups in total. The van der Waals surface area contributed by atoms with Crippen molar-refractivity contribution < 1.29 is 0 Å². The quantitative estimate of drug-likeness (QED) is 0.395. The van der Waals surface area contributed by atoms with E-state index in [9.17, 15) is 0 Å². The first-order chi connectivity index (χ1) is 9.93. The Kier molecular flexibility index (Phi) is 2.53. The van der Waals surface area contributed by atoms with Gasteiger partial charge in [-0.1, -0.05) is 78.9 Å². The SMILES string of the molecule is [c]1cccc2ccc3cccc(-c4ccccc4)c3c12. The zero-order chi connectivity index (χ0) is 13.4. The molecule has 0 aromatic heterocycles. The van der Waals surface area contributed by atoms with Gasteiger partial charge in [0.15, 0.2) is 0 Å². The molecule has 0 aliphatic heterocycles. The van der Waals surface area contributed by atoms with Crippen LogP contribution in [0.1, 0.15) is 0 Å². The molecule has 20 heavy (non-hydrogen) atoms. The number of benzene rings is 4. The Balaban J connectivity index is 2.19. The van der Waals surface area contributed by atoms with Gasteiger partial charge in [0.1, 0.15) is 0 Å². The molecule has 0 heterocycles. The van der Waals surface area contributed by atoms with Crippen LogP contribution in [0.3, 0.4) is 0 Å². The average Bonchev–Trinajstić information content (AvgIpc) is 2.55. The second-order valence-corrected chi connectivity index (χ2v) is 4.97. The van der Waals surface area contributed by atoms with Gasteiger partial charge in [-0.2, -0.15) is 0 Å². The Morgan fingerprint density at radius 2 is 1.40 bits per heavy atom. The summed E-state index contributed by atoms with van der Waals surface area (Å²) in [5.41, 5.74) is 2.53. The minimum Gasteiger partial charge on any atom is -0.0622 e. The lowest BCUT2D eigenvalue weighted by Gasteiger charge is -2.10. The summed E-state index contributed by atoms with van der Waals surface area (Å²) in [6, 6.07) is 31.0. The summed E-state index contributed by atoms with van der Waals surface area (Å²) in [6.07, 6.45) is 0. The highest BCUT2D eigenvalue weighted by Gasteiger charge is 2.06. The lowest BCUT2D eigenvalue weighted by atomic mass is 9.94. The molecular formula is C20H13. The van der Waals surface area contributed by atoms with Crippen molar-refractivity contribution in [1.82, 2.24) is 0 Å². The molecule has 0 bridgehead atoms. The van der Waals surface area contributed by atoms with Gasteiger partial charge in [0.05, 0.1) is 0 Å². The van der Waals surface area contributed by atoms with E-state index in [0.717, 1.165) is 0 Å². The Hall–Kier alpha value is -2.60. The fraction of sp³-hybridized carbons (Fsp3) is 0. The summed E-state index contributed by atoms with van der Waals surface area (Å²) in [6.45, 7) is 0. The molecule has 4 aromatic rings. The third kappa shape index (κ3) is 1.70. The van der Waals surface area contributed by atoms with Crippen LogP contribution < -0.4 is 0 Å². The molecule has 0 heteroatoms. The smallest absolute Gasteiger partial charge is 0.00203 e. The summed E-state index contributed by atoms with van der Waals surface area (Å²) >= 11 is 0. The van der Waals surface area contributed by atoms with E-state index in [2.05, 4.69) is 72.8 Å². The lowest BCUT2D eigenvalue weighted by Crippen LogP contribution is -1.83. The monoisotopic (exact) mass is 253 g/mol. The molecule has 0 spiro atoms. The molecule has 93 valence electrons. The van der Waals surface area contributed by atoms with Crippen molar-refractivity contribution in [2.75, 3.05) is 0 Å². The van der Waals surface area contributed by atoms with E-state index in [4.69, 9.17) is 0 Å². The van der Waals surface area contributed by atoms with Gasteiger partial charge in [-0.3, -0.25) is 0 Å². The number of hydrogen-bond acceptors (Lipinski definition) is 0. The lowest BCUT2D eigenvalue weighted by molar-refractivity contribution is 1.66. The summed E-state index contributed by atoms with van der Waals surface area (Å²) in [5.74, 6) is 0. The fourth-order valence-corrected chi connectivity index (χ4v) is 2.83. The van der Waals surface area contributed by atoms with Crippen molar-refractivity contribution in [3.8, 4) is 11.1 Å². The third-order valence-corrected chi connectivity index (χ3v) is 3.76. The van der Waals surface area contributed by atoms with Gasteiger partial charge in [0.25, 0.3) is 0 Å². The second-order valence-electron chi connectivity index (χ2n) is 4.97. The van der Waals surface area contributed by atoms with Crippen LogP contribution in [0.25, 0.3) is 32.7 Å². The molecule has 0 amide bonds. The van der Waals surface area contributed by atoms with Crippen LogP contribution in [0.5, 0.6) is 0 Å². The molecule has 1 radical (unpaired) electrons. The maximum Gasteiger partial charge on any atom is -0.00203 e. The second kappa shape index (κ2) is 4.50. The van der Waals surface area contributed by atoms with Gasteiger partial charge in [0, 0.05) is 0 Å². The molecule has 4 rings (SSSR count). The summed E-state index contributed by atoms with van der Waals surface area (Å²) in [7, 11) is 0. The zero-order valence-electron chi connectivity index (χ0n) is 11.0. The third-order valence-electron chi connectivity index (χ3n) is 3.76. The van der Waals surface area contributed by atoms with Gasteiger partial charge in [0.2, 0.25) is 0 Å². The van der Waals surface area contributed by atoms with Gasteiger partial charge in [-0.25, -0.2) is 0 Å². The highest BCUT2D eigenvalue weighted by atomic mass is 14.1. The maximum atomic E-state index is 3.40. The Bertz CT molecular complexity index is 889. The van der Waals surface area contributed by atoms with Crippen molar-refractivity contribution in [3.05, 3.63) is 84.9 Å². The van der Waals surface area contributed by atoms with Crippen LogP contribution in [0.2, 0.25) is 0 Å². The zero-order valence-corrected chi connectivity index (χ0v) is 11.0. The summed E-state index contributed by atoms with van der Waals surface area (Å²) in [4.78, 5) is 0. The van der Waals surface area contributed by atoms with Crippen LogP contribution in [0.4, 0.5) is 0 Å². The number of hydrogen-bond donors (Lipinski definition) is 0. The van der Waals surface area contributed by atoms with Crippen molar-refractivity contribution in [2.24, 2.45) is 0 Å². The average molecular weight is 253 g/mol. The molecule has 0 saturated carbocycles. The summed E-state index contributed by atoms with van der Waals surface area (Å²) < 4.78 is 0. The minimum atomic E-state index is 1.20. The normalized spacial score (nSPS) is 11.0. The van der Waals surface area contributed by atoms with Crippen molar-refractivity contribution >= 4 is 21.5 Å². The van der Waals surface area contributed by atoms with E-state index in [0.29, 0.717) is 0 Å². The topological polar surface area (TPSA) is 0 Å². The van der Waals surface area contributed by atoms with Crippen molar-refractivity contribution in [1.29, 1.82) is 0 Å². The van der Waals surface area contributed by atoms with Gasteiger partial charge < -0.3 is 0 Å². The van der Waals surface area contributed by atoms with Crippen LogP contribution >= 0.6 is 0 Å². The Morgan fingerprint density at radius 3 is 2.30 bits per heavy atom. The highest BCUT2D eigenvalue weighted by molar-refractivity contribution is 6.13. The molecule has 0 saturated heterocycles. The molecular weight excluding hydrogens is 240 g/mol. The predicted octanol–water partition coefficient (Wildman–Crippen LogP) is 5.46. The molecule has 0 atom stereocenters. The van der Waals surface area contributed by atoms with Crippen LogP contribution in [0, 0.1) is 6.07 Å². The van der Waals surface area contributed by atoms with Crippen LogP contribution in [-0.4, -0.2) is 0 Å². The van der Waals surface area contributed by atoms with Crippen LogP contribution in [0.15, 0.2) is 78.9 Å². The molecule has 0 aliphatic carbocycles. The molecule has 4 aromatic carbocycles.